The molecule has 1 aromatic heterocycles. The number of halogens is 1. The van der Waals surface area contributed by atoms with Gasteiger partial charge in [0.2, 0.25) is 0 Å². The quantitative estimate of drug-likeness (QED) is 0.680. The summed E-state index contributed by atoms with van der Waals surface area (Å²) >= 11 is 5.17. The number of benzene rings is 2. The van der Waals surface area contributed by atoms with Crippen molar-refractivity contribution in [3.8, 4) is 10.6 Å². The molecule has 2 N–H and O–H groups in total. The van der Waals surface area contributed by atoms with Crippen molar-refractivity contribution in [2.45, 2.75) is 0 Å². The molecule has 0 saturated heterocycles. The van der Waals surface area contributed by atoms with E-state index in [0.29, 0.717) is 0 Å². The van der Waals surface area contributed by atoms with Gasteiger partial charge in [0.1, 0.15) is 5.01 Å². The van der Waals surface area contributed by atoms with E-state index in [0.717, 1.165) is 30.9 Å². The van der Waals surface area contributed by atoms with Gasteiger partial charge < -0.3 is 5.73 Å². The summed E-state index contributed by atoms with van der Waals surface area (Å²) < 4.78 is 2.11. The summed E-state index contributed by atoms with van der Waals surface area (Å²) in [4.78, 5) is 4.61. The average molecular weight is 305 g/mol. The van der Waals surface area contributed by atoms with Gasteiger partial charge in [0, 0.05) is 10.0 Å². The molecule has 17 heavy (non-hydrogen) atoms. The van der Waals surface area contributed by atoms with Crippen LogP contribution in [0.3, 0.4) is 0 Å². The molecular formula is C13H9BrN2S. The van der Waals surface area contributed by atoms with E-state index in [9.17, 15) is 0 Å². The predicted octanol–water partition coefficient (Wildman–Crippen LogP) is 4.31. The van der Waals surface area contributed by atoms with E-state index in [2.05, 4.69) is 27.0 Å². The molecule has 4 heteroatoms. The van der Waals surface area contributed by atoms with E-state index < -0.39 is 0 Å². The Morgan fingerprint density at radius 2 is 1.88 bits per heavy atom. The first-order valence-electron chi connectivity index (χ1n) is 5.15. The van der Waals surface area contributed by atoms with Gasteiger partial charge >= 0.3 is 0 Å². The van der Waals surface area contributed by atoms with Gasteiger partial charge in [-0.05, 0) is 18.2 Å². The summed E-state index contributed by atoms with van der Waals surface area (Å²) in [5.41, 5.74) is 8.80. The van der Waals surface area contributed by atoms with Gasteiger partial charge in [-0.2, -0.15) is 0 Å². The Balaban J connectivity index is 2.26. The van der Waals surface area contributed by atoms with Crippen LogP contribution in [0, 0.1) is 0 Å². The molecule has 0 aliphatic carbocycles. The van der Waals surface area contributed by atoms with E-state index in [-0.39, 0.29) is 0 Å². The number of rotatable bonds is 1. The topological polar surface area (TPSA) is 38.9 Å². The third kappa shape index (κ3) is 1.83. The molecule has 1 heterocycles. The van der Waals surface area contributed by atoms with Gasteiger partial charge in [-0.1, -0.05) is 40.2 Å². The normalized spacial score (nSPS) is 10.9. The smallest absolute Gasteiger partial charge is 0.125 e. The fourth-order valence-corrected chi connectivity index (χ4v) is 3.35. The lowest BCUT2D eigenvalue weighted by molar-refractivity contribution is 1.46. The number of hydrogen-bond donors (Lipinski definition) is 1. The van der Waals surface area contributed by atoms with E-state index in [1.807, 2.05) is 36.4 Å². The molecule has 84 valence electrons. The first-order valence-corrected chi connectivity index (χ1v) is 6.76. The molecule has 0 amide bonds. The Bertz CT molecular complexity index is 691. The van der Waals surface area contributed by atoms with E-state index >= 15 is 0 Å². The largest absolute Gasteiger partial charge is 0.398 e. The maximum Gasteiger partial charge on any atom is 0.125 e. The van der Waals surface area contributed by atoms with Crippen molar-refractivity contribution < 1.29 is 0 Å². The molecule has 0 unspecified atom stereocenters. The summed E-state index contributed by atoms with van der Waals surface area (Å²) in [5, 5.41) is 0.991. The molecule has 3 aromatic rings. The van der Waals surface area contributed by atoms with E-state index in [4.69, 9.17) is 5.73 Å². The van der Waals surface area contributed by atoms with Crippen LogP contribution in [0.1, 0.15) is 0 Å². The Morgan fingerprint density at radius 1 is 1.06 bits per heavy atom. The highest BCUT2D eigenvalue weighted by Crippen LogP contribution is 2.36. The number of hydrogen-bond acceptors (Lipinski definition) is 3. The number of nitrogens with zero attached hydrogens (tertiary/aromatic N) is 1. The van der Waals surface area contributed by atoms with Crippen LogP contribution in [0.2, 0.25) is 0 Å². The highest BCUT2D eigenvalue weighted by Gasteiger charge is 2.10. The second-order valence-electron chi connectivity index (χ2n) is 3.69. The Labute approximate surface area is 111 Å². The third-order valence-electron chi connectivity index (χ3n) is 2.55. The molecule has 0 aliphatic rings. The summed E-state index contributed by atoms with van der Waals surface area (Å²) in [6.45, 7) is 0. The van der Waals surface area contributed by atoms with Crippen molar-refractivity contribution in [2.75, 3.05) is 5.73 Å². The van der Waals surface area contributed by atoms with Gasteiger partial charge in [-0.25, -0.2) is 4.98 Å². The minimum Gasteiger partial charge on any atom is -0.398 e. The summed E-state index contributed by atoms with van der Waals surface area (Å²) in [5.74, 6) is 0. The zero-order chi connectivity index (χ0) is 11.8. The molecule has 0 aliphatic heterocycles. The number of thiazole rings is 1. The SMILES string of the molecule is Nc1cccc2nc(-c3ccccc3Br)sc12. The summed E-state index contributed by atoms with van der Waals surface area (Å²) in [6.07, 6.45) is 0. The van der Waals surface area contributed by atoms with Crippen molar-refractivity contribution in [3.63, 3.8) is 0 Å². The number of anilines is 1. The van der Waals surface area contributed by atoms with Gasteiger partial charge in [0.25, 0.3) is 0 Å². The second kappa shape index (κ2) is 4.13. The van der Waals surface area contributed by atoms with Gasteiger partial charge in [-0.15, -0.1) is 11.3 Å². The average Bonchev–Trinajstić information content (AvgIpc) is 2.75. The Hall–Kier alpha value is -1.39. The van der Waals surface area contributed by atoms with Gasteiger partial charge in [0.15, 0.2) is 0 Å². The van der Waals surface area contributed by atoms with Crippen molar-refractivity contribution in [3.05, 3.63) is 46.9 Å². The third-order valence-corrected chi connectivity index (χ3v) is 4.39. The monoisotopic (exact) mass is 304 g/mol. The van der Waals surface area contributed by atoms with Crippen LogP contribution in [-0.4, -0.2) is 4.98 Å². The molecule has 2 aromatic carbocycles. The van der Waals surface area contributed by atoms with Crippen LogP contribution in [0.25, 0.3) is 20.8 Å². The Kier molecular flexibility index (Phi) is 2.61. The first kappa shape index (κ1) is 10.7. The van der Waals surface area contributed by atoms with Crippen LogP contribution in [-0.2, 0) is 0 Å². The maximum atomic E-state index is 5.94. The fraction of sp³-hybridized carbons (Fsp3) is 0. The number of aromatic nitrogens is 1. The van der Waals surface area contributed by atoms with Crippen molar-refractivity contribution in [2.24, 2.45) is 0 Å². The fourth-order valence-electron chi connectivity index (χ4n) is 1.72. The number of nitrogen functional groups attached to an aromatic ring is 1. The molecule has 0 saturated carbocycles. The van der Waals surface area contributed by atoms with Crippen LogP contribution in [0.15, 0.2) is 46.9 Å². The number of nitrogens with two attached hydrogens (primary N) is 1. The molecule has 3 rings (SSSR count). The molecule has 0 radical (unpaired) electrons. The zero-order valence-corrected chi connectivity index (χ0v) is 11.3. The van der Waals surface area contributed by atoms with E-state index in [1.54, 1.807) is 11.3 Å². The summed E-state index contributed by atoms with van der Waals surface area (Å²) in [7, 11) is 0. The van der Waals surface area contributed by atoms with Crippen LogP contribution in [0.4, 0.5) is 5.69 Å². The minimum absolute atomic E-state index is 0.790. The van der Waals surface area contributed by atoms with Gasteiger partial charge in [-0.3, -0.25) is 0 Å². The lowest BCUT2D eigenvalue weighted by atomic mass is 10.2. The minimum atomic E-state index is 0.790. The molecular weight excluding hydrogens is 296 g/mol. The first-order chi connectivity index (χ1) is 8.25. The lowest BCUT2D eigenvalue weighted by Crippen LogP contribution is -1.82. The van der Waals surface area contributed by atoms with Crippen LogP contribution < -0.4 is 5.73 Å². The lowest BCUT2D eigenvalue weighted by Gasteiger charge is -1.97. The molecule has 2 nitrogen and oxygen atoms in total. The standard InChI is InChI=1S/C13H9BrN2S/c14-9-5-2-1-4-8(9)13-16-11-7-3-6-10(15)12(11)17-13/h1-7H,15H2. The second-order valence-corrected chi connectivity index (χ2v) is 5.55. The van der Waals surface area contributed by atoms with Crippen molar-refractivity contribution >= 4 is 43.2 Å². The predicted molar refractivity (Wildman–Crippen MR) is 77.2 cm³/mol. The van der Waals surface area contributed by atoms with Crippen molar-refractivity contribution in [1.29, 1.82) is 0 Å². The molecule has 0 atom stereocenters. The summed E-state index contributed by atoms with van der Waals surface area (Å²) in [6, 6.07) is 13.9. The zero-order valence-electron chi connectivity index (χ0n) is 8.85. The van der Waals surface area contributed by atoms with Gasteiger partial charge in [0.05, 0.1) is 15.9 Å². The maximum absolute atomic E-state index is 5.94. The molecule has 0 fully saturated rings. The van der Waals surface area contributed by atoms with E-state index in [1.165, 1.54) is 0 Å². The van der Waals surface area contributed by atoms with Crippen molar-refractivity contribution in [1.82, 2.24) is 4.98 Å². The highest BCUT2D eigenvalue weighted by molar-refractivity contribution is 9.10. The van der Waals surface area contributed by atoms with Crippen LogP contribution >= 0.6 is 27.3 Å². The van der Waals surface area contributed by atoms with Crippen LogP contribution in [0.5, 0.6) is 0 Å². The molecule has 0 bridgehead atoms. The Morgan fingerprint density at radius 3 is 2.65 bits per heavy atom. The number of fused-ring (bicyclic) bond motifs is 1. The highest BCUT2D eigenvalue weighted by atomic mass is 79.9. The molecule has 0 spiro atoms.